The molecule has 1 fully saturated rings. The molecule has 0 unspecified atom stereocenters. The molecular formula is C23H24ClN5O2S. The van der Waals surface area contributed by atoms with Crippen molar-refractivity contribution in [3.63, 3.8) is 0 Å². The van der Waals surface area contributed by atoms with Crippen LogP contribution in [-0.2, 0) is 13.1 Å². The van der Waals surface area contributed by atoms with Gasteiger partial charge < -0.3 is 19.7 Å². The fourth-order valence-electron chi connectivity index (χ4n) is 3.92. The average Bonchev–Trinajstić information content (AvgIpc) is 3.45. The SMILES string of the molecule is S=C(Nc1cnn(Cc2ccccc2Cl)c1)N1CCN(Cc2ccc3c(c2)OCO3)CC1. The topological polar surface area (TPSA) is 54.8 Å². The van der Waals surface area contributed by atoms with Gasteiger partial charge in [-0.15, -0.1) is 0 Å². The third kappa shape index (κ3) is 4.82. The van der Waals surface area contributed by atoms with Crippen molar-refractivity contribution in [2.45, 2.75) is 13.1 Å². The largest absolute Gasteiger partial charge is 0.454 e. The molecule has 0 bridgehead atoms. The van der Waals surface area contributed by atoms with Gasteiger partial charge in [0.25, 0.3) is 0 Å². The monoisotopic (exact) mass is 469 g/mol. The quantitative estimate of drug-likeness (QED) is 0.570. The minimum Gasteiger partial charge on any atom is -0.454 e. The molecule has 0 aliphatic carbocycles. The summed E-state index contributed by atoms with van der Waals surface area (Å²) in [5.41, 5.74) is 3.14. The summed E-state index contributed by atoms with van der Waals surface area (Å²) in [5.74, 6) is 1.66. The molecule has 0 saturated carbocycles. The van der Waals surface area contributed by atoms with Crippen LogP contribution in [0.1, 0.15) is 11.1 Å². The van der Waals surface area contributed by atoms with Crippen LogP contribution in [0.15, 0.2) is 54.9 Å². The molecule has 2 aliphatic rings. The highest BCUT2D eigenvalue weighted by atomic mass is 35.5. The molecule has 3 aromatic rings. The number of ether oxygens (including phenoxy) is 2. The molecule has 1 N–H and O–H groups in total. The molecular weight excluding hydrogens is 446 g/mol. The normalized spacial score (nSPS) is 15.7. The predicted molar refractivity (Wildman–Crippen MR) is 128 cm³/mol. The Balaban J connectivity index is 1.11. The van der Waals surface area contributed by atoms with E-state index in [-0.39, 0.29) is 0 Å². The van der Waals surface area contributed by atoms with E-state index in [9.17, 15) is 0 Å². The molecule has 2 aliphatic heterocycles. The van der Waals surface area contributed by atoms with E-state index in [1.165, 1.54) is 5.56 Å². The second kappa shape index (κ2) is 9.36. The van der Waals surface area contributed by atoms with Crippen molar-refractivity contribution in [1.82, 2.24) is 19.6 Å². The van der Waals surface area contributed by atoms with Crippen molar-refractivity contribution in [2.75, 3.05) is 38.3 Å². The molecule has 2 aromatic carbocycles. The van der Waals surface area contributed by atoms with E-state index >= 15 is 0 Å². The third-order valence-electron chi connectivity index (χ3n) is 5.68. The molecule has 9 heteroatoms. The Bertz CT molecular complexity index is 1110. The van der Waals surface area contributed by atoms with Crippen molar-refractivity contribution in [1.29, 1.82) is 0 Å². The van der Waals surface area contributed by atoms with E-state index in [0.29, 0.717) is 13.3 Å². The van der Waals surface area contributed by atoms with Crippen molar-refractivity contribution in [3.8, 4) is 11.5 Å². The Hall–Kier alpha value is -2.81. The Morgan fingerprint density at radius 2 is 1.84 bits per heavy atom. The molecule has 1 saturated heterocycles. The van der Waals surface area contributed by atoms with E-state index in [4.69, 9.17) is 33.3 Å². The Labute approximate surface area is 197 Å². The third-order valence-corrected chi connectivity index (χ3v) is 6.41. The minimum absolute atomic E-state index is 0.306. The van der Waals surface area contributed by atoms with Crippen LogP contribution in [0.25, 0.3) is 0 Å². The summed E-state index contributed by atoms with van der Waals surface area (Å²) in [6.45, 7) is 5.46. The number of hydrogen-bond donors (Lipinski definition) is 1. The summed E-state index contributed by atoms with van der Waals surface area (Å²) in [7, 11) is 0. The Kier molecular flexibility index (Phi) is 6.16. The number of fused-ring (bicyclic) bond motifs is 1. The minimum atomic E-state index is 0.306. The highest BCUT2D eigenvalue weighted by Gasteiger charge is 2.20. The van der Waals surface area contributed by atoms with E-state index < -0.39 is 0 Å². The number of aromatic nitrogens is 2. The highest BCUT2D eigenvalue weighted by molar-refractivity contribution is 7.80. The van der Waals surface area contributed by atoms with Gasteiger partial charge in [0.15, 0.2) is 16.6 Å². The number of hydrogen-bond acceptors (Lipinski definition) is 5. The van der Waals surface area contributed by atoms with Crippen molar-refractivity contribution < 1.29 is 9.47 Å². The molecule has 0 spiro atoms. The molecule has 5 rings (SSSR count). The van der Waals surface area contributed by atoms with Gasteiger partial charge in [0.05, 0.1) is 18.4 Å². The molecule has 0 amide bonds. The fraction of sp³-hybridized carbons (Fsp3) is 0.304. The van der Waals surface area contributed by atoms with Gasteiger partial charge >= 0.3 is 0 Å². The number of thiocarbonyl (C=S) groups is 1. The van der Waals surface area contributed by atoms with E-state index in [1.807, 2.05) is 41.2 Å². The standard InChI is InChI=1S/C23H24ClN5O2S/c24-20-4-2-1-3-18(20)14-29-15-19(12-25-29)26-23(32)28-9-7-27(8-10-28)13-17-5-6-21-22(11-17)31-16-30-21/h1-6,11-12,15H,7-10,13-14,16H2,(H,26,32). The predicted octanol–water partition coefficient (Wildman–Crippen LogP) is 3.83. The first-order chi connectivity index (χ1) is 15.6. The molecule has 7 nitrogen and oxygen atoms in total. The highest BCUT2D eigenvalue weighted by Crippen LogP contribution is 2.32. The Morgan fingerprint density at radius 3 is 2.69 bits per heavy atom. The summed E-state index contributed by atoms with van der Waals surface area (Å²) in [4.78, 5) is 4.63. The van der Waals surface area contributed by atoms with Gasteiger partial charge in [-0.1, -0.05) is 35.9 Å². The van der Waals surface area contributed by atoms with Gasteiger partial charge in [0.2, 0.25) is 6.79 Å². The zero-order chi connectivity index (χ0) is 21.9. The number of nitrogens with zero attached hydrogens (tertiary/aromatic N) is 4. The fourth-order valence-corrected chi connectivity index (χ4v) is 4.42. The van der Waals surface area contributed by atoms with Gasteiger partial charge in [-0.25, -0.2) is 0 Å². The van der Waals surface area contributed by atoms with Crippen LogP contribution < -0.4 is 14.8 Å². The molecule has 32 heavy (non-hydrogen) atoms. The van der Waals surface area contributed by atoms with E-state index in [1.54, 1.807) is 6.20 Å². The number of benzene rings is 2. The summed E-state index contributed by atoms with van der Waals surface area (Å²) < 4.78 is 12.7. The number of nitrogens with one attached hydrogen (secondary N) is 1. The number of halogens is 1. The lowest BCUT2D eigenvalue weighted by molar-refractivity contribution is 0.173. The summed E-state index contributed by atoms with van der Waals surface area (Å²) in [5, 5.41) is 9.21. The molecule has 1 aromatic heterocycles. The van der Waals surface area contributed by atoms with Gasteiger partial charge in [-0.2, -0.15) is 5.10 Å². The van der Waals surface area contributed by atoms with Crippen LogP contribution in [0, 0.1) is 0 Å². The summed E-state index contributed by atoms with van der Waals surface area (Å²) in [6, 6.07) is 14.0. The van der Waals surface area contributed by atoms with Gasteiger partial charge in [-0.3, -0.25) is 9.58 Å². The average molecular weight is 470 g/mol. The maximum Gasteiger partial charge on any atom is 0.231 e. The first-order valence-corrected chi connectivity index (χ1v) is 11.4. The van der Waals surface area contributed by atoms with Crippen LogP contribution in [0.5, 0.6) is 11.5 Å². The lowest BCUT2D eigenvalue weighted by Gasteiger charge is -2.36. The maximum absolute atomic E-state index is 6.25. The Morgan fingerprint density at radius 1 is 1.03 bits per heavy atom. The van der Waals surface area contributed by atoms with Crippen LogP contribution >= 0.6 is 23.8 Å². The first-order valence-electron chi connectivity index (χ1n) is 10.6. The zero-order valence-corrected chi connectivity index (χ0v) is 19.1. The maximum atomic E-state index is 6.25. The molecule has 3 heterocycles. The molecule has 0 atom stereocenters. The van der Waals surface area contributed by atoms with Gasteiger partial charge in [0, 0.05) is 43.9 Å². The van der Waals surface area contributed by atoms with Crippen LogP contribution in [0.4, 0.5) is 5.69 Å². The smallest absolute Gasteiger partial charge is 0.231 e. The lowest BCUT2D eigenvalue weighted by Crippen LogP contribution is -2.49. The van der Waals surface area contributed by atoms with Crippen LogP contribution in [0.3, 0.4) is 0 Å². The number of rotatable bonds is 5. The number of anilines is 1. The summed E-state index contributed by atoms with van der Waals surface area (Å²) in [6.07, 6.45) is 3.74. The van der Waals surface area contributed by atoms with Crippen molar-refractivity contribution in [3.05, 3.63) is 71.0 Å². The lowest BCUT2D eigenvalue weighted by atomic mass is 10.1. The molecule has 166 valence electrons. The second-order valence-electron chi connectivity index (χ2n) is 7.90. The van der Waals surface area contributed by atoms with E-state index in [2.05, 4.69) is 32.3 Å². The van der Waals surface area contributed by atoms with E-state index in [0.717, 1.165) is 65.6 Å². The van der Waals surface area contributed by atoms with Crippen LogP contribution in [-0.4, -0.2) is 57.7 Å². The van der Waals surface area contributed by atoms with Crippen molar-refractivity contribution in [2.24, 2.45) is 0 Å². The molecule has 0 radical (unpaired) electrons. The number of piperazine rings is 1. The second-order valence-corrected chi connectivity index (χ2v) is 8.69. The van der Waals surface area contributed by atoms with Crippen molar-refractivity contribution >= 4 is 34.6 Å². The van der Waals surface area contributed by atoms with Gasteiger partial charge in [0.1, 0.15) is 0 Å². The van der Waals surface area contributed by atoms with Gasteiger partial charge in [-0.05, 0) is 41.5 Å². The summed E-state index contributed by atoms with van der Waals surface area (Å²) >= 11 is 11.9. The zero-order valence-electron chi connectivity index (χ0n) is 17.5. The van der Waals surface area contributed by atoms with Crippen LogP contribution in [0.2, 0.25) is 5.02 Å². The first kappa shape index (κ1) is 21.1.